The lowest BCUT2D eigenvalue weighted by atomic mass is 9.86. The lowest BCUT2D eigenvalue weighted by Gasteiger charge is -2.24. The molecule has 1 saturated carbocycles. The number of halogens is 1. The van der Waals surface area contributed by atoms with Crippen molar-refractivity contribution in [2.75, 3.05) is 6.67 Å². The van der Waals surface area contributed by atoms with E-state index in [1.165, 1.54) is 19.3 Å². The summed E-state index contributed by atoms with van der Waals surface area (Å²) in [5.41, 5.74) is 0. The Bertz CT molecular complexity index is 89.3. The molecule has 60 valence electrons. The molecule has 10 heavy (non-hydrogen) atoms. The van der Waals surface area contributed by atoms with Gasteiger partial charge in [0.1, 0.15) is 6.67 Å². The molecule has 1 N–H and O–H groups in total. The Hall–Kier alpha value is -0.110. The Morgan fingerprint density at radius 3 is 2.40 bits per heavy atom. The Balaban J connectivity index is 2.24. The van der Waals surface area contributed by atoms with Crippen LogP contribution in [0, 0.1) is 5.92 Å². The van der Waals surface area contributed by atoms with Crippen molar-refractivity contribution in [3.05, 3.63) is 0 Å². The van der Waals surface area contributed by atoms with Crippen LogP contribution >= 0.6 is 0 Å². The predicted molar refractivity (Wildman–Crippen MR) is 38.6 cm³/mol. The lowest BCUT2D eigenvalue weighted by molar-refractivity contribution is 0.0618. The lowest BCUT2D eigenvalue weighted by Crippen LogP contribution is -2.24. The van der Waals surface area contributed by atoms with Crippen LogP contribution in [0.15, 0.2) is 0 Å². The van der Waals surface area contributed by atoms with E-state index in [0.29, 0.717) is 0 Å². The molecule has 0 aliphatic heterocycles. The Kier molecular flexibility index (Phi) is 3.13. The van der Waals surface area contributed by atoms with Gasteiger partial charge in [-0.05, 0) is 18.8 Å². The quantitative estimate of drug-likeness (QED) is 0.630. The molecule has 1 aliphatic carbocycles. The molecule has 1 atom stereocenters. The first-order valence-electron chi connectivity index (χ1n) is 4.08. The van der Waals surface area contributed by atoms with Crippen LogP contribution in [-0.4, -0.2) is 17.9 Å². The summed E-state index contributed by atoms with van der Waals surface area (Å²) in [6, 6.07) is 0. The van der Waals surface area contributed by atoms with Gasteiger partial charge < -0.3 is 5.11 Å². The number of hydrogen-bond acceptors (Lipinski definition) is 1. The van der Waals surface area contributed by atoms with Crippen molar-refractivity contribution in [1.82, 2.24) is 0 Å². The molecule has 0 bridgehead atoms. The molecule has 0 aromatic rings. The van der Waals surface area contributed by atoms with Crippen molar-refractivity contribution in [2.45, 2.75) is 38.2 Å². The van der Waals surface area contributed by atoms with E-state index >= 15 is 0 Å². The van der Waals surface area contributed by atoms with Crippen LogP contribution in [0.4, 0.5) is 4.39 Å². The Labute approximate surface area is 61.2 Å². The van der Waals surface area contributed by atoms with Gasteiger partial charge >= 0.3 is 0 Å². The van der Waals surface area contributed by atoms with Gasteiger partial charge in [-0.2, -0.15) is 0 Å². The van der Waals surface area contributed by atoms with Crippen molar-refractivity contribution >= 4 is 0 Å². The summed E-state index contributed by atoms with van der Waals surface area (Å²) in [5, 5.41) is 9.11. The molecule has 0 aromatic heterocycles. The maximum atomic E-state index is 11.9. The molecule has 1 nitrogen and oxygen atoms in total. The molecular weight excluding hydrogens is 131 g/mol. The van der Waals surface area contributed by atoms with Gasteiger partial charge in [-0.15, -0.1) is 0 Å². The highest BCUT2D eigenvalue weighted by Crippen LogP contribution is 2.26. The van der Waals surface area contributed by atoms with E-state index in [1.807, 2.05) is 0 Å². The van der Waals surface area contributed by atoms with Crippen LogP contribution in [0.25, 0.3) is 0 Å². The van der Waals surface area contributed by atoms with Crippen molar-refractivity contribution in [3.8, 4) is 0 Å². The van der Waals surface area contributed by atoms with E-state index in [4.69, 9.17) is 5.11 Å². The summed E-state index contributed by atoms with van der Waals surface area (Å²) >= 11 is 0. The van der Waals surface area contributed by atoms with Gasteiger partial charge in [0.15, 0.2) is 0 Å². The molecule has 0 aromatic carbocycles. The molecule has 0 radical (unpaired) electrons. The SMILES string of the molecule is O[C@H](CF)C1CCCCC1. The van der Waals surface area contributed by atoms with Crippen molar-refractivity contribution in [1.29, 1.82) is 0 Å². The summed E-state index contributed by atoms with van der Waals surface area (Å²) in [7, 11) is 0. The van der Waals surface area contributed by atoms with E-state index < -0.39 is 12.8 Å². The zero-order valence-corrected chi connectivity index (χ0v) is 6.22. The van der Waals surface area contributed by atoms with Gasteiger partial charge in [-0.1, -0.05) is 19.3 Å². The monoisotopic (exact) mass is 146 g/mol. The maximum absolute atomic E-state index is 11.9. The summed E-state index contributed by atoms with van der Waals surface area (Å²) in [6.45, 7) is -0.565. The predicted octanol–water partition coefficient (Wildman–Crippen LogP) is 1.90. The number of rotatable bonds is 2. The molecule has 1 aliphatic rings. The minimum absolute atomic E-state index is 0.249. The van der Waals surface area contributed by atoms with E-state index in [9.17, 15) is 4.39 Å². The van der Waals surface area contributed by atoms with E-state index in [0.717, 1.165) is 12.8 Å². The third-order valence-electron chi connectivity index (χ3n) is 2.35. The minimum Gasteiger partial charge on any atom is -0.390 e. The van der Waals surface area contributed by atoms with Crippen LogP contribution in [0.2, 0.25) is 0 Å². The summed E-state index contributed by atoms with van der Waals surface area (Å²) < 4.78 is 11.9. The maximum Gasteiger partial charge on any atom is 0.116 e. The topological polar surface area (TPSA) is 20.2 Å². The zero-order valence-electron chi connectivity index (χ0n) is 6.22. The zero-order chi connectivity index (χ0) is 7.40. The molecular formula is C8H15FO. The van der Waals surface area contributed by atoms with Crippen LogP contribution in [0.1, 0.15) is 32.1 Å². The molecule has 0 spiro atoms. The number of alkyl halides is 1. The first kappa shape index (κ1) is 7.99. The second kappa shape index (κ2) is 3.91. The van der Waals surface area contributed by atoms with Gasteiger partial charge in [-0.25, -0.2) is 4.39 Å². The third-order valence-corrected chi connectivity index (χ3v) is 2.35. The third kappa shape index (κ3) is 1.94. The fraction of sp³-hybridized carbons (Fsp3) is 1.00. The van der Waals surface area contributed by atoms with Crippen molar-refractivity contribution < 1.29 is 9.50 Å². The van der Waals surface area contributed by atoms with Crippen molar-refractivity contribution in [3.63, 3.8) is 0 Å². The van der Waals surface area contributed by atoms with Crippen LogP contribution in [0.5, 0.6) is 0 Å². The number of aliphatic hydroxyl groups excluding tert-OH is 1. The highest BCUT2D eigenvalue weighted by molar-refractivity contribution is 4.72. The standard InChI is InChI=1S/C8H15FO/c9-6-8(10)7-4-2-1-3-5-7/h7-8,10H,1-6H2/t8-/m1/s1. The fourth-order valence-corrected chi connectivity index (χ4v) is 1.64. The molecule has 2 heteroatoms. The molecule has 1 fully saturated rings. The van der Waals surface area contributed by atoms with Crippen LogP contribution in [0.3, 0.4) is 0 Å². The molecule has 0 saturated heterocycles. The van der Waals surface area contributed by atoms with Gasteiger partial charge in [0.2, 0.25) is 0 Å². The number of aliphatic hydroxyl groups is 1. The van der Waals surface area contributed by atoms with Crippen LogP contribution in [-0.2, 0) is 0 Å². The van der Waals surface area contributed by atoms with Gasteiger partial charge in [0, 0.05) is 0 Å². The van der Waals surface area contributed by atoms with Crippen molar-refractivity contribution in [2.24, 2.45) is 5.92 Å². The normalized spacial score (nSPS) is 24.6. The highest BCUT2D eigenvalue weighted by Gasteiger charge is 2.20. The van der Waals surface area contributed by atoms with Gasteiger partial charge in [0.05, 0.1) is 6.10 Å². The molecule has 0 amide bonds. The second-order valence-electron chi connectivity index (χ2n) is 3.12. The summed E-state index contributed by atoms with van der Waals surface area (Å²) in [5.74, 6) is 0.249. The second-order valence-corrected chi connectivity index (χ2v) is 3.12. The fourth-order valence-electron chi connectivity index (χ4n) is 1.64. The van der Waals surface area contributed by atoms with E-state index in [2.05, 4.69) is 0 Å². The van der Waals surface area contributed by atoms with Crippen LogP contribution < -0.4 is 0 Å². The van der Waals surface area contributed by atoms with E-state index in [-0.39, 0.29) is 5.92 Å². The van der Waals surface area contributed by atoms with Gasteiger partial charge in [0.25, 0.3) is 0 Å². The van der Waals surface area contributed by atoms with Gasteiger partial charge in [-0.3, -0.25) is 0 Å². The Morgan fingerprint density at radius 1 is 1.30 bits per heavy atom. The highest BCUT2D eigenvalue weighted by atomic mass is 19.1. The minimum atomic E-state index is -0.680. The summed E-state index contributed by atoms with van der Waals surface area (Å²) in [4.78, 5) is 0. The first-order valence-corrected chi connectivity index (χ1v) is 4.08. The largest absolute Gasteiger partial charge is 0.390 e. The molecule has 0 heterocycles. The Morgan fingerprint density at radius 2 is 1.90 bits per heavy atom. The average molecular weight is 146 g/mol. The molecule has 1 rings (SSSR count). The summed E-state index contributed by atoms with van der Waals surface area (Å²) in [6.07, 6.45) is 4.95. The average Bonchev–Trinajstić information content (AvgIpc) is 2.05. The molecule has 0 unspecified atom stereocenters. The number of hydrogen-bond donors (Lipinski definition) is 1. The van der Waals surface area contributed by atoms with E-state index in [1.54, 1.807) is 0 Å². The first-order chi connectivity index (χ1) is 4.84. The smallest absolute Gasteiger partial charge is 0.116 e.